The number of aliphatic carboxylic acids is 1. The number of carboxylic acid groups (broad SMARTS) is 1. The van der Waals surface area contributed by atoms with E-state index in [1.807, 2.05) is 0 Å². The van der Waals surface area contributed by atoms with Crippen LogP contribution in [-0.2, 0) is 38.0 Å². The number of carbonyl (C=O) groups is 2. The Hall–Kier alpha value is -1.74. The maximum atomic E-state index is 12.7. The van der Waals surface area contributed by atoms with E-state index in [1.54, 1.807) is 0 Å². The molecule has 3 heterocycles. The highest BCUT2D eigenvalue weighted by atomic mass is 16.8. The molecule has 21 nitrogen and oxygen atoms in total. The minimum atomic E-state index is -3.02. The van der Waals surface area contributed by atoms with Crippen LogP contribution in [0.5, 0.6) is 0 Å². The van der Waals surface area contributed by atoms with E-state index in [4.69, 9.17) is 34.2 Å². The standard InChI is InChI=1S/C29H52N2O19/c1-12(35)31-17-13(36)8-29(28(43)44,49-24(17)18(38)14(37)9-32)50-25-19(39)15(10-33)46-27(22(25)42)48-23-16(11-34)47-26(21(41)20(23)40)45-7-5-3-2-4-6-30/h13-27,32-34,36-42H,2-11,30H2,1H3,(H,31,35)(H,43,44)/t13?,14-,15?,16?,17-,18-,19+,20-,21?,22?,23-,24?,25+,26?,27+,29+/m1/s1. The van der Waals surface area contributed by atoms with Gasteiger partial charge in [0.1, 0.15) is 67.1 Å². The number of unbranched alkanes of at least 4 members (excludes halogenated alkanes) is 3. The van der Waals surface area contributed by atoms with Gasteiger partial charge >= 0.3 is 5.97 Å². The van der Waals surface area contributed by atoms with Gasteiger partial charge in [-0.2, -0.15) is 0 Å². The number of nitrogens with two attached hydrogens (primary N) is 1. The van der Waals surface area contributed by atoms with Gasteiger partial charge in [0.05, 0.1) is 32.0 Å². The average Bonchev–Trinajstić information content (AvgIpc) is 3.08. The van der Waals surface area contributed by atoms with Crippen molar-refractivity contribution in [2.75, 3.05) is 33.0 Å². The number of amides is 1. The molecule has 3 aliphatic heterocycles. The first-order valence-corrected chi connectivity index (χ1v) is 16.4. The summed E-state index contributed by atoms with van der Waals surface area (Å²) in [7, 11) is 0. The van der Waals surface area contributed by atoms with Crippen molar-refractivity contribution in [3.05, 3.63) is 0 Å². The molecule has 21 heteroatoms. The molecular weight excluding hydrogens is 680 g/mol. The minimum Gasteiger partial charge on any atom is -0.477 e. The second-order valence-electron chi connectivity index (χ2n) is 12.5. The Balaban J connectivity index is 1.84. The maximum absolute atomic E-state index is 12.7. The van der Waals surface area contributed by atoms with Gasteiger partial charge in [0.25, 0.3) is 5.79 Å². The molecule has 1 amide bonds. The molecule has 14 N–H and O–H groups in total. The number of carboxylic acids is 1. The third-order valence-corrected chi connectivity index (χ3v) is 8.83. The van der Waals surface area contributed by atoms with Gasteiger partial charge in [-0.25, -0.2) is 4.79 Å². The molecule has 50 heavy (non-hydrogen) atoms. The number of ether oxygens (including phenoxy) is 6. The molecule has 292 valence electrons. The van der Waals surface area contributed by atoms with Gasteiger partial charge in [-0.15, -0.1) is 0 Å². The molecule has 0 aliphatic carbocycles. The molecule has 0 bridgehead atoms. The van der Waals surface area contributed by atoms with E-state index in [9.17, 15) is 65.8 Å². The SMILES string of the molecule is CC(=O)N[C@@H]1C(O)C[C@](O[C@@H]2C(O)[C@H](O[C@@H]3C(CO)OC(OCCCCCCN)C(O)[C@H]3O)OC(CO)[C@@H]2O)(C(=O)O)OC1[C@H](O)[C@H](O)CO. The molecular formula is C29H52N2O19. The first kappa shape index (κ1) is 42.7. The Morgan fingerprint density at radius 2 is 1.52 bits per heavy atom. The Bertz CT molecular complexity index is 1060. The zero-order chi connectivity index (χ0) is 37.3. The van der Waals surface area contributed by atoms with Crippen molar-refractivity contribution < 1.29 is 94.2 Å². The van der Waals surface area contributed by atoms with Gasteiger partial charge in [0.15, 0.2) is 12.6 Å². The number of aliphatic hydroxyl groups is 10. The zero-order valence-corrected chi connectivity index (χ0v) is 27.5. The lowest BCUT2D eigenvalue weighted by Gasteiger charge is -2.50. The number of carbonyl (C=O) groups excluding carboxylic acids is 1. The molecule has 0 aromatic heterocycles. The lowest BCUT2D eigenvalue weighted by Crippen LogP contribution is -2.70. The van der Waals surface area contributed by atoms with E-state index in [0.29, 0.717) is 13.0 Å². The van der Waals surface area contributed by atoms with Crippen LogP contribution >= 0.6 is 0 Å². The topological polar surface area (TPSA) is 350 Å². The summed E-state index contributed by atoms with van der Waals surface area (Å²) in [6.07, 6.45) is -23.6. The van der Waals surface area contributed by atoms with Crippen LogP contribution in [0.2, 0.25) is 0 Å². The van der Waals surface area contributed by atoms with E-state index < -0.39 is 136 Å². The molecule has 3 aliphatic rings. The predicted octanol–water partition coefficient (Wildman–Crippen LogP) is -6.68. The Morgan fingerprint density at radius 1 is 0.880 bits per heavy atom. The monoisotopic (exact) mass is 732 g/mol. The largest absolute Gasteiger partial charge is 0.477 e. The minimum absolute atomic E-state index is 0.146. The van der Waals surface area contributed by atoms with E-state index in [-0.39, 0.29) is 6.61 Å². The first-order valence-electron chi connectivity index (χ1n) is 16.4. The van der Waals surface area contributed by atoms with Crippen molar-refractivity contribution >= 4 is 11.9 Å². The number of hydrogen-bond donors (Lipinski definition) is 13. The number of hydrogen-bond acceptors (Lipinski definition) is 19. The van der Waals surface area contributed by atoms with Crippen LogP contribution in [-0.4, -0.2) is 199 Å². The molecule has 0 spiro atoms. The summed E-state index contributed by atoms with van der Waals surface area (Å²) >= 11 is 0. The summed E-state index contributed by atoms with van der Waals surface area (Å²) in [5.41, 5.74) is 5.48. The number of aliphatic hydroxyl groups excluding tert-OH is 10. The second-order valence-corrected chi connectivity index (χ2v) is 12.5. The fourth-order valence-corrected chi connectivity index (χ4v) is 6.09. The highest BCUT2D eigenvalue weighted by Gasteiger charge is 2.60. The average molecular weight is 733 g/mol. The summed E-state index contributed by atoms with van der Waals surface area (Å²) in [4.78, 5) is 24.5. The first-order chi connectivity index (χ1) is 23.7. The molecule has 0 saturated carbocycles. The highest BCUT2D eigenvalue weighted by Crippen LogP contribution is 2.38. The van der Waals surface area contributed by atoms with Crippen LogP contribution in [0.4, 0.5) is 0 Å². The molecule has 3 fully saturated rings. The Kier molecular flexibility index (Phi) is 16.5. The van der Waals surface area contributed by atoms with Gasteiger partial charge in [-0.3, -0.25) is 4.79 Å². The zero-order valence-electron chi connectivity index (χ0n) is 27.5. The van der Waals surface area contributed by atoms with Gasteiger partial charge in [0, 0.05) is 20.0 Å². The molecule has 16 atom stereocenters. The quantitative estimate of drug-likeness (QED) is 0.0582. The van der Waals surface area contributed by atoms with Gasteiger partial charge in [-0.05, 0) is 19.4 Å². The van der Waals surface area contributed by atoms with Crippen LogP contribution in [0.15, 0.2) is 0 Å². The molecule has 3 saturated heterocycles. The summed E-state index contributed by atoms with van der Waals surface area (Å²) in [6.45, 7) is -1.05. The number of rotatable bonds is 18. The smallest absolute Gasteiger partial charge is 0.364 e. The van der Waals surface area contributed by atoms with Crippen molar-refractivity contribution in [2.45, 2.75) is 137 Å². The summed E-state index contributed by atoms with van der Waals surface area (Å²) < 4.78 is 33.5. The summed E-state index contributed by atoms with van der Waals surface area (Å²) in [5, 5.41) is 117. The van der Waals surface area contributed by atoms with Crippen LogP contribution in [0.3, 0.4) is 0 Å². The van der Waals surface area contributed by atoms with Crippen LogP contribution in [0, 0.1) is 0 Å². The van der Waals surface area contributed by atoms with Crippen LogP contribution in [0.1, 0.15) is 39.0 Å². The van der Waals surface area contributed by atoms with E-state index in [0.717, 1.165) is 26.2 Å². The number of nitrogens with one attached hydrogen (secondary N) is 1. The summed E-state index contributed by atoms with van der Waals surface area (Å²) in [6, 6.07) is -1.54. The maximum Gasteiger partial charge on any atom is 0.364 e. The lowest BCUT2D eigenvalue weighted by molar-refractivity contribution is -0.386. The van der Waals surface area contributed by atoms with Gasteiger partial charge in [-0.1, -0.05) is 12.8 Å². The lowest BCUT2D eigenvalue weighted by atomic mass is 9.88. The van der Waals surface area contributed by atoms with Crippen molar-refractivity contribution in [3.8, 4) is 0 Å². The van der Waals surface area contributed by atoms with Crippen LogP contribution < -0.4 is 11.1 Å². The molecule has 7 unspecified atom stereocenters. The van der Waals surface area contributed by atoms with Crippen molar-refractivity contribution in [2.24, 2.45) is 5.73 Å². The molecule has 0 aromatic carbocycles. The van der Waals surface area contributed by atoms with E-state index in [2.05, 4.69) is 5.32 Å². The van der Waals surface area contributed by atoms with Crippen molar-refractivity contribution in [3.63, 3.8) is 0 Å². The highest BCUT2D eigenvalue weighted by molar-refractivity contribution is 5.76. The summed E-state index contributed by atoms with van der Waals surface area (Å²) in [5.74, 6) is -5.72. The normalized spacial score (nSPS) is 40.6. The fraction of sp³-hybridized carbons (Fsp3) is 0.931. The third kappa shape index (κ3) is 10.0. The second kappa shape index (κ2) is 19.4. The Morgan fingerprint density at radius 3 is 2.10 bits per heavy atom. The predicted molar refractivity (Wildman–Crippen MR) is 161 cm³/mol. The Labute approximate surface area is 287 Å². The molecule has 0 radical (unpaired) electrons. The van der Waals surface area contributed by atoms with Gasteiger partial charge in [0.2, 0.25) is 5.91 Å². The fourth-order valence-electron chi connectivity index (χ4n) is 6.09. The van der Waals surface area contributed by atoms with Crippen LogP contribution in [0.25, 0.3) is 0 Å². The van der Waals surface area contributed by atoms with Gasteiger partial charge < -0.3 is 95.6 Å². The third-order valence-electron chi connectivity index (χ3n) is 8.83. The van der Waals surface area contributed by atoms with Crippen molar-refractivity contribution in [1.82, 2.24) is 5.32 Å². The molecule has 3 rings (SSSR count). The van der Waals surface area contributed by atoms with Crippen molar-refractivity contribution in [1.29, 1.82) is 0 Å². The van der Waals surface area contributed by atoms with E-state index in [1.165, 1.54) is 0 Å². The molecule has 0 aromatic rings. The van der Waals surface area contributed by atoms with E-state index >= 15 is 0 Å².